The van der Waals surface area contributed by atoms with Gasteiger partial charge in [0.2, 0.25) is 0 Å². The van der Waals surface area contributed by atoms with E-state index in [0.29, 0.717) is 11.5 Å². The summed E-state index contributed by atoms with van der Waals surface area (Å²) in [5.74, 6) is 0.422. The summed E-state index contributed by atoms with van der Waals surface area (Å²) in [5, 5.41) is 0. The molecule has 0 spiro atoms. The summed E-state index contributed by atoms with van der Waals surface area (Å²) < 4.78 is 15.5. The van der Waals surface area contributed by atoms with Crippen molar-refractivity contribution in [1.29, 1.82) is 0 Å². The Labute approximate surface area is 141 Å². The van der Waals surface area contributed by atoms with Crippen LogP contribution < -0.4 is 14.2 Å². The summed E-state index contributed by atoms with van der Waals surface area (Å²) in [6.45, 7) is 6.37. The summed E-state index contributed by atoms with van der Waals surface area (Å²) in [4.78, 5) is 23.2. The maximum Gasteiger partial charge on any atom is 0.347 e. The van der Waals surface area contributed by atoms with Crippen molar-refractivity contribution in [1.82, 2.24) is 0 Å². The van der Waals surface area contributed by atoms with E-state index in [1.54, 1.807) is 18.2 Å². The Morgan fingerprint density at radius 1 is 1.04 bits per heavy atom. The van der Waals surface area contributed by atoms with Crippen LogP contribution in [0, 0.1) is 0 Å². The van der Waals surface area contributed by atoms with Crippen LogP contribution in [0.2, 0.25) is 0 Å². The first-order valence-corrected chi connectivity index (χ1v) is 7.47. The Bertz CT molecular complexity index is 744. The van der Waals surface area contributed by atoms with Crippen molar-refractivity contribution in [3.8, 4) is 17.2 Å². The highest BCUT2D eigenvalue weighted by molar-refractivity contribution is 5.95. The number of rotatable bonds is 5. The standard InChI is InChI=1S/C19H20O5/c1-19(2,3)15-7-5-6-8-17(15)24-18(21)14-11-13(22-4)9-10-16(14)23-12-20/h5-12H,1-4H3. The molecule has 0 atom stereocenters. The van der Waals surface area contributed by atoms with Gasteiger partial charge in [-0.15, -0.1) is 0 Å². The van der Waals surface area contributed by atoms with Crippen molar-refractivity contribution in [3.05, 3.63) is 53.6 Å². The predicted molar refractivity (Wildman–Crippen MR) is 89.8 cm³/mol. The van der Waals surface area contributed by atoms with Crippen molar-refractivity contribution >= 4 is 12.4 Å². The molecule has 5 nitrogen and oxygen atoms in total. The van der Waals surface area contributed by atoms with Crippen LogP contribution >= 0.6 is 0 Å². The predicted octanol–water partition coefficient (Wildman–Crippen LogP) is 3.75. The minimum Gasteiger partial charge on any atom is -0.497 e. The van der Waals surface area contributed by atoms with Gasteiger partial charge in [-0.2, -0.15) is 0 Å². The summed E-state index contributed by atoms with van der Waals surface area (Å²) in [6, 6.07) is 11.9. The van der Waals surface area contributed by atoms with Crippen molar-refractivity contribution < 1.29 is 23.8 Å². The first-order valence-electron chi connectivity index (χ1n) is 7.47. The number of esters is 1. The highest BCUT2D eigenvalue weighted by Gasteiger charge is 2.22. The average molecular weight is 328 g/mol. The molecule has 0 aliphatic rings. The van der Waals surface area contributed by atoms with Gasteiger partial charge in [0, 0.05) is 5.56 Å². The lowest BCUT2D eigenvalue weighted by atomic mass is 9.86. The molecular weight excluding hydrogens is 308 g/mol. The molecule has 0 saturated heterocycles. The number of para-hydroxylation sites is 1. The van der Waals surface area contributed by atoms with Crippen molar-refractivity contribution in [2.24, 2.45) is 0 Å². The highest BCUT2D eigenvalue weighted by atomic mass is 16.5. The number of carbonyl (C=O) groups is 2. The highest BCUT2D eigenvalue weighted by Crippen LogP contribution is 2.32. The summed E-state index contributed by atoms with van der Waals surface area (Å²) in [7, 11) is 1.49. The van der Waals surface area contributed by atoms with Gasteiger partial charge in [-0.1, -0.05) is 39.0 Å². The molecule has 2 aromatic rings. The lowest BCUT2D eigenvalue weighted by molar-refractivity contribution is -0.120. The van der Waals surface area contributed by atoms with E-state index >= 15 is 0 Å². The summed E-state index contributed by atoms with van der Waals surface area (Å²) in [5.41, 5.74) is 0.831. The zero-order chi connectivity index (χ0) is 17.7. The zero-order valence-electron chi connectivity index (χ0n) is 14.2. The minimum absolute atomic E-state index is 0.115. The molecule has 0 radical (unpaired) electrons. The normalized spacial score (nSPS) is 10.8. The molecule has 0 aromatic heterocycles. The van der Waals surface area contributed by atoms with Gasteiger partial charge in [-0.05, 0) is 29.7 Å². The van der Waals surface area contributed by atoms with Gasteiger partial charge >= 0.3 is 5.97 Å². The van der Waals surface area contributed by atoms with E-state index < -0.39 is 5.97 Å². The molecule has 0 aliphatic heterocycles. The number of methoxy groups -OCH3 is 1. The van der Waals surface area contributed by atoms with Crippen LogP contribution in [-0.4, -0.2) is 19.6 Å². The zero-order valence-corrected chi connectivity index (χ0v) is 14.2. The van der Waals surface area contributed by atoms with Crippen LogP contribution in [0.4, 0.5) is 0 Å². The third kappa shape index (κ3) is 3.93. The summed E-state index contributed by atoms with van der Waals surface area (Å²) in [6.07, 6.45) is 0. The first kappa shape index (κ1) is 17.5. The Kier molecular flexibility index (Phi) is 5.24. The number of hydrogen-bond donors (Lipinski definition) is 0. The quantitative estimate of drug-likeness (QED) is 0.475. The van der Waals surface area contributed by atoms with Crippen LogP contribution in [0.1, 0.15) is 36.7 Å². The van der Waals surface area contributed by atoms with Gasteiger partial charge in [0.15, 0.2) is 0 Å². The SMILES string of the molecule is COc1ccc(OC=O)c(C(=O)Oc2ccccc2C(C)(C)C)c1. The molecule has 0 amide bonds. The smallest absolute Gasteiger partial charge is 0.347 e. The van der Waals surface area contributed by atoms with Crippen molar-refractivity contribution in [3.63, 3.8) is 0 Å². The van der Waals surface area contributed by atoms with Crippen molar-refractivity contribution in [2.75, 3.05) is 7.11 Å². The maximum atomic E-state index is 12.6. The number of ether oxygens (including phenoxy) is 3. The monoisotopic (exact) mass is 328 g/mol. The average Bonchev–Trinajstić information content (AvgIpc) is 2.55. The Balaban J connectivity index is 2.39. The topological polar surface area (TPSA) is 61.8 Å². The summed E-state index contributed by atoms with van der Waals surface area (Å²) >= 11 is 0. The largest absolute Gasteiger partial charge is 0.497 e. The molecule has 5 heteroatoms. The molecule has 0 N–H and O–H groups in total. The lowest BCUT2D eigenvalue weighted by Gasteiger charge is -2.22. The first-order chi connectivity index (χ1) is 11.4. The van der Waals surface area contributed by atoms with Gasteiger partial charge < -0.3 is 14.2 Å². The molecule has 126 valence electrons. The Hall–Kier alpha value is -2.82. The Morgan fingerprint density at radius 3 is 2.38 bits per heavy atom. The Morgan fingerprint density at radius 2 is 1.75 bits per heavy atom. The second-order valence-corrected chi connectivity index (χ2v) is 6.21. The lowest BCUT2D eigenvalue weighted by Crippen LogP contribution is -2.17. The fraction of sp³-hybridized carbons (Fsp3) is 0.263. The molecule has 0 fully saturated rings. The molecule has 0 heterocycles. The van der Waals surface area contributed by atoms with Crippen LogP contribution in [0.25, 0.3) is 0 Å². The fourth-order valence-corrected chi connectivity index (χ4v) is 2.28. The van der Waals surface area contributed by atoms with E-state index in [0.717, 1.165) is 5.56 Å². The second kappa shape index (κ2) is 7.17. The van der Waals surface area contributed by atoms with Crippen LogP contribution in [0.15, 0.2) is 42.5 Å². The van der Waals surface area contributed by atoms with Gasteiger partial charge in [-0.3, -0.25) is 4.79 Å². The van der Waals surface area contributed by atoms with Gasteiger partial charge in [-0.25, -0.2) is 4.79 Å². The molecule has 0 unspecified atom stereocenters. The van der Waals surface area contributed by atoms with E-state index in [-0.39, 0.29) is 23.2 Å². The van der Waals surface area contributed by atoms with Crippen LogP contribution in [-0.2, 0) is 10.2 Å². The van der Waals surface area contributed by atoms with E-state index in [2.05, 4.69) is 0 Å². The van der Waals surface area contributed by atoms with Crippen LogP contribution in [0.5, 0.6) is 17.2 Å². The van der Waals surface area contributed by atoms with Gasteiger partial charge in [0.05, 0.1) is 7.11 Å². The molecule has 0 saturated carbocycles. The third-order valence-corrected chi connectivity index (χ3v) is 3.48. The molecule has 0 aliphatic carbocycles. The number of hydrogen-bond acceptors (Lipinski definition) is 5. The molecule has 0 bridgehead atoms. The van der Waals surface area contributed by atoms with E-state index in [9.17, 15) is 9.59 Å². The van der Waals surface area contributed by atoms with Crippen molar-refractivity contribution in [2.45, 2.75) is 26.2 Å². The molecule has 24 heavy (non-hydrogen) atoms. The van der Waals surface area contributed by atoms with E-state index in [1.165, 1.54) is 19.2 Å². The minimum atomic E-state index is -0.623. The maximum absolute atomic E-state index is 12.6. The fourth-order valence-electron chi connectivity index (χ4n) is 2.28. The van der Waals surface area contributed by atoms with E-state index in [4.69, 9.17) is 14.2 Å². The molecular formula is C19H20O5. The van der Waals surface area contributed by atoms with Gasteiger partial charge in [0.1, 0.15) is 22.8 Å². The third-order valence-electron chi connectivity index (χ3n) is 3.48. The number of benzene rings is 2. The van der Waals surface area contributed by atoms with E-state index in [1.807, 2.05) is 32.9 Å². The second-order valence-electron chi connectivity index (χ2n) is 6.21. The van der Waals surface area contributed by atoms with Gasteiger partial charge in [0.25, 0.3) is 6.47 Å². The molecule has 2 aromatic carbocycles. The van der Waals surface area contributed by atoms with Crippen LogP contribution in [0.3, 0.4) is 0 Å². The number of carbonyl (C=O) groups excluding carboxylic acids is 2. The molecule has 2 rings (SSSR count).